The number of unbranched alkanes of at least 4 members (excludes halogenated alkanes) is 1. The number of piperazine rings is 1. The van der Waals surface area contributed by atoms with E-state index in [1.54, 1.807) is 0 Å². The van der Waals surface area contributed by atoms with Crippen LogP contribution in [0.1, 0.15) is 70.2 Å². The monoisotopic (exact) mass is 423 g/mol. The zero-order valence-electron chi connectivity index (χ0n) is 18.1. The smallest absolute Gasteiger partial charge is 0.128 e. The van der Waals surface area contributed by atoms with Crippen molar-refractivity contribution in [2.45, 2.75) is 83.0 Å². The zero-order chi connectivity index (χ0) is 20.7. The molecule has 3 rings (SSSR count). The Morgan fingerprint density at radius 2 is 2.00 bits per heavy atom. The summed E-state index contributed by atoms with van der Waals surface area (Å²) in [4.78, 5) is 5.38. The number of hydroxylamine groups is 1. The third-order valence-electron chi connectivity index (χ3n) is 6.07. The van der Waals surface area contributed by atoms with Crippen LogP contribution in [-0.4, -0.2) is 30.5 Å². The van der Waals surface area contributed by atoms with Gasteiger partial charge in [-0.1, -0.05) is 57.4 Å². The van der Waals surface area contributed by atoms with Crippen molar-refractivity contribution < 1.29 is 4.84 Å². The molecule has 2 heterocycles. The van der Waals surface area contributed by atoms with Crippen molar-refractivity contribution in [1.29, 1.82) is 0 Å². The Morgan fingerprint density at radius 3 is 2.62 bits per heavy atom. The molecule has 0 aliphatic carbocycles. The first kappa shape index (κ1) is 22.9. The van der Waals surface area contributed by atoms with E-state index >= 15 is 0 Å². The van der Waals surface area contributed by atoms with Gasteiger partial charge in [0.25, 0.3) is 0 Å². The van der Waals surface area contributed by atoms with Crippen LogP contribution in [0.5, 0.6) is 0 Å². The van der Waals surface area contributed by atoms with Crippen LogP contribution in [0.3, 0.4) is 0 Å². The van der Waals surface area contributed by atoms with Crippen LogP contribution in [0.4, 0.5) is 0 Å². The van der Waals surface area contributed by atoms with Crippen molar-refractivity contribution in [3.63, 3.8) is 0 Å². The van der Waals surface area contributed by atoms with Crippen LogP contribution in [-0.2, 0) is 11.4 Å². The Bertz CT molecular complexity index is 616. The van der Waals surface area contributed by atoms with E-state index in [9.17, 15) is 0 Å². The predicted octanol–water partition coefficient (Wildman–Crippen LogP) is 3.31. The fourth-order valence-electron chi connectivity index (χ4n) is 4.46. The fourth-order valence-corrected chi connectivity index (χ4v) is 4.76. The Morgan fingerprint density at radius 1 is 1.21 bits per heavy atom. The maximum absolute atomic E-state index is 6.53. The Hall–Kier alpha value is -0.730. The van der Waals surface area contributed by atoms with Gasteiger partial charge in [-0.25, -0.2) is 0 Å². The molecular weight excluding hydrogens is 386 g/mol. The second kappa shape index (κ2) is 11.0. The van der Waals surface area contributed by atoms with Crippen molar-refractivity contribution in [2.75, 3.05) is 13.1 Å². The molecule has 2 saturated heterocycles. The third kappa shape index (κ3) is 6.14. The highest BCUT2D eigenvalue weighted by Crippen LogP contribution is 2.29. The SMILES string of the molecule is CCCC[C@@H](CCC)C1(NCc2ccc(C3NOC(C)N3)cc2)CNCC(Cl)N1. The van der Waals surface area contributed by atoms with Crippen LogP contribution in [0.15, 0.2) is 24.3 Å². The van der Waals surface area contributed by atoms with Gasteiger partial charge < -0.3 is 5.32 Å². The molecule has 0 aromatic heterocycles. The van der Waals surface area contributed by atoms with E-state index < -0.39 is 0 Å². The lowest BCUT2D eigenvalue weighted by atomic mass is 9.82. The average Bonchev–Trinajstić information content (AvgIpc) is 3.16. The van der Waals surface area contributed by atoms with Gasteiger partial charge in [0.05, 0.1) is 11.2 Å². The minimum absolute atomic E-state index is 0.0215. The first-order valence-electron chi connectivity index (χ1n) is 11.2. The Labute approximate surface area is 180 Å². The summed E-state index contributed by atoms with van der Waals surface area (Å²) in [5, 5.41) is 14.5. The van der Waals surface area contributed by atoms with E-state index in [2.05, 4.69) is 64.9 Å². The van der Waals surface area contributed by atoms with Crippen LogP contribution >= 0.6 is 11.6 Å². The standard InChI is InChI=1S/C22H38ClN5O/c1-4-6-8-19(7-5-2)22(15-24-14-20(23)27-22)25-13-17-9-11-18(12-10-17)21-26-16(3)29-28-21/h9-12,16,19-21,24-28H,4-8,13-15H2,1-3H3/t16?,19-,20?,21?,22?/m1/s1. The molecule has 0 bridgehead atoms. The molecule has 4 unspecified atom stereocenters. The van der Waals surface area contributed by atoms with Gasteiger partial charge in [0, 0.05) is 19.6 Å². The van der Waals surface area contributed by atoms with E-state index in [1.807, 2.05) is 6.92 Å². The number of benzene rings is 1. The molecule has 164 valence electrons. The van der Waals surface area contributed by atoms with Crippen molar-refractivity contribution >= 4 is 11.6 Å². The number of hydrogen-bond donors (Lipinski definition) is 5. The lowest BCUT2D eigenvalue weighted by Crippen LogP contribution is -2.72. The van der Waals surface area contributed by atoms with Gasteiger partial charge in [-0.3, -0.25) is 20.8 Å². The summed E-state index contributed by atoms with van der Waals surface area (Å²) in [5.74, 6) is 0.547. The molecule has 6 nitrogen and oxygen atoms in total. The summed E-state index contributed by atoms with van der Waals surface area (Å²) in [6.45, 7) is 9.04. The largest absolute Gasteiger partial charge is 0.311 e. The number of alkyl halides is 1. The molecule has 2 fully saturated rings. The number of halogens is 1. The molecule has 1 aromatic rings. The molecule has 0 spiro atoms. The second-order valence-electron chi connectivity index (χ2n) is 8.41. The summed E-state index contributed by atoms with van der Waals surface area (Å²) in [6, 6.07) is 8.70. The van der Waals surface area contributed by atoms with Crippen molar-refractivity contribution in [3.8, 4) is 0 Å². The van der Waals surface area contributed by atoms with Gasteiger partial charge in [-0.2, -0.15) is 5.48 Å². The van der Waals surface area contributed by atoms with Gasteiger partial charge >= 0.3 is 0 Å². The highest BCUT2D eigenvalue weighted by atomic mass is 35.5. The molecule has 5 atom stereocenters. The quantitative estimate of drug-likeness (QED) is 0.294. The number of hydrogen-bond acceptors (Lipinski definition) is 6. The maximum atomic E-state index is 6.53. The Balaban J connectivity index is 1.67. The minimum atomic E-state index is -0.174. The normalized spacial score (nSPS) is 31.1. The maximum Gasteiger partial charge on any atom is 0.128 e. The van der Waals surface area contributed by atoms with E-state index in [0.717, 1.165) is 19.6 Å². The van der Waals surface area contributed by atoms with E-state index in [0.29, 0.717) is 5.92 Å². The highest BCUT2D eigenvalue weighted by molar-refractivity contribution is 6.20. The molecule has 7 heteroatoms. The lowest BCUT2D eigenvalue weighted by molar-refractivity contribution is 0.0329. The van der Waals surface area contributed by atoms with E-state index in [-0.39, 0.29) is 23.6 Å². The third-order valence-corrected chi connectivity index (χ3v) is 6.33. The molecule has 0 amide bonds. The van der Waals surface area contributed by atoms with Crippen molar-refractivity contribution in [2.24, 2.45) is 5.92 Å². The molecule has 2 aliphatic heterocycles. The second-order valence-corrected chi connectivity index (χ2v) is 8.94. The van der Waals surface area contributed by atoms with Gasteiger partial charge in [-0.15, -0.1) is 11.6 Å². The van der Waals surface area contributed by atoms with Crippen molar-refractivity contribution in [1.82, 2.24) is 26.7 Å². The van der Waals surface area contributed by atoms with Crippen LogP contribution in [0.25, 0.3) is 0 Å². The first-order chi connectivity index (χ1) is 14.1. The summed E-state index contributed by atoms with van der Waals surface area (Å²) in [5.41, 5.74) is 5.24. The summed E-state index contributed by atoms with van der Waals surface area (Å²) >= 11 is 6.53. The molecule has 0 saturated carbocycles. The molecule has 1 aromatic carbocycles. The van der Waals surface area contributed by atoms with Gasteiger partial charge in [0.1, 0.15) is 12.4 Å². The zero-order valence-corrected chi connectivity index (χ0v) is 18.8. The molecule has 2 aliphatic rings. The van der Waals surface area contributed by atoms with Gasteiger partial charge in [0.15, 0.2) is 0 Å². The average molecular weight is 424 g/mol. The molecule has 29 heavy (non-hydrogen) atoms. The minimum Gasteiger partial charge on any atom is -0.311 e. The Kier molecular flexibility index (Phi) is 8.74. The first-order valence-corrected chi connectivity index (χ1v) is 11.6. The summed E-state index contributed by atoms with van der Waals surface area (Å²) in [6.07, 6.45) is 6.13. The summed E-state index contributed by atoms with van der Waals surface area (Å²) < 4.78 is 0. The van der Waals surface area contributed by atoms with Gasteiger partial charge in [0.2, 0.25) is 0 Å². The van der Waals surface area contributed by atoms with E-state index in [1.165, 1.54) is 43.2 Å². The fraction of sp³-hybridized carbons (Fsp3) is 0.727. The number of rotatable bonds is 10. The number of nitrogens with one attached hydrogen (secondary N) is 5. The van der Waals surface area contributed by atoms with Crippen molar-refractivity contribution in [3.05, 3.63) is 35.4 Å². The predicted molar refractivity (Wildman–Crippen MR) is 119 cm³/mol. The van der Waals surface area contributed by atoms with E-state index in [4.69, 9.17) is 16.4 Å². The van der Waals surface area contributed by atoms with Crippen LogP contribution in [0, 0.1) is 5.92 Å². The molecule has 5 N–H and O–H groups in total. The summed E-state index contributed by atoms with van der Waals surface area (Å²) in [7, 11) is 0. The highest BCUT2D eigenvalue weighted by Gasteiger charge is 2.40. The van der Waals surface area contributed by atoms with Gasteiger partial charge in [-0.05, 0) is 36.8 Å². The molecular formula is C22H38ClN5O. The van der Waals surface area contributed by atoms with Crippen LogP contribution in [0.2, 0.25) is 0 Å². The topological polar surface area (TPSA) is 69.4 Å². The lowest BCUT2D eigenvalue weighted by Gasteiger charge is -2.47. The van der Waals surface area contributed by atoms with Crippen LogP contribution < -0.4 is 26.7 Å². The molecule has 0 radical (unpaired) electrons.